The highest BCUT2D eigenvalue weighted by molar-refractivity contribution is 7.80. The first-order valence-corrected chi connectivity index (χ1v) is 9.95. The Morgan fingerprint density at radius 3 is 2.78 bits per heavy atom. The molecule has 1 aromatic carbocycles. The molecule has 0 saturated carbocycles. The fourth-order valence-corrected chi connectivity index (χ4v) is 4.77. The van der Waals surface area contributed by atoms with E-state index < -0.39 is 0 Å². The zero-order chi connectivity index (χ0) is 18.8. The Balaban J connectivity index is 1.46. The van der Waals surface area contributed by atoms with E-state index in [4.69, 9.17) is 21.7 Å². The van der Waals surface area contributed by atoms with Gasteiger partial charge < -0.3 is 14.8 Å². The summed E-state index contributed by atoms with van der Waals surface area (Å²) in [5, 5.41) is 16.1. The molecule has 0 bridgehead atoms. The first kappa shape index (κ1) is 17.8. The number of nitrogens with zero attached hydrogens (tertiary/aromatic N) is 1. The number of hydrogen-bond acceptors (Lipinski definition) is 6. The van der Waals surface area contributed by atoms with Crippen LogP contribution in [0.5, 0.6) is 11.5 Å². The Bertz CT molecular complexity index is 962. The normalized spacial score (nSPS) is 14.6. The van der Waals surface area contributed by atoms with E-state index in [1.165, 1.54) is 4.88 Å². The van der Waals surface area contributed by atoms with Crippen molar-refractivity contribution in [2.24, 2.45) is 0 Å². The Morgan fingerprint density at radius 1 is 1.19 bits per heavy atom. The molecule has 27 heavy (non-hydrogen) atoms. The van der Waals surface area contributed by atoms with Gasteiger partial charge in [0, 0.05) is 10.4 Å². The molecule has 138 valence electrons. The van der Waals surface area contributed by atoms with Gasteiger partial charge in [0.25, 0.3) is 5.91 Å². The molecule has 1 aliphatic carbocycles. The number of rotatable bonds is 2. The van der Waals surface area contributed by atoms with Gasteiger partial charge in [-0.3, -0.25) is 10.1 Å². The molecule has 0 radical (unpaired) electrons. The fourth-order valence-electron chi connectivity index (χ4n) is 3.27. The highest BCUT2D eigenvalue weighted by Gasteiger charge is 2.22. The Morgan fingerprint density at radius 2 is 1.96 bits per heavy atom. The van der Waals surface area contributed by atoms with Crippen molar-refractivity contribution in [3.63, 3.8) is 0 Å². The molecule has 0 spiro atoms. The number of anilines is 1. The minimum Gasteiger partial charge on any atom is -0.486 e. The van der Waals surface area contributed by atoms with Crippen LogP contribution in [0.15, 0.2) is 18.2 Å². The second kappa shape index (κ2) is 7.55. The zero-order valence-corrected chi connectivity index (χ0v) is 16.1. The molecule has 0 saturated heterocycles. The second-order valence-corrected chi connectivity index (χ2v) is 7.81. The van der Waals surface area contributed by atoms with Crippen LogP contribution in [0.3, 0.4) is 0 Å². The molecule has 4 rings (SSSR count). The molecule has 0 unspecified atom stereocenters. The number of thiophene rings is 1. The van der Waals surface area contributed by atoms with E-state index in [1.807, 2.05) is 0 Å². The summed E-state index contributed by atoms with van der Waals surface area (Å²) in [5.41, 5.74) is 2.19. The first-order chi connectivity index (χ1) is 13.2. The maximum Gasteiger partial charge on any atom is 0.257 e. The highest BCUT2D eigenvalue weighted by Crippen LogP contribution is 2.37. The van der Waals surface area contributed by atoms with Gasteiger partial charge >= 0.3 is 0 Å². The number of nitriles is 1. The maximum atomic E-state index is 12.5. The quantitative estimate of drug-likeness (QED) is 0.753. The number of ether oxygens (including phenoxy) is 2. The summed E-state index contributed by atoms with van der Waals surface area (Å²) in [7, 11) is 0. The molecule has 6 nitrogen and oxygen atoms in total. The summed E-state index contributed by atoms with van der Waals surface area (Å²) in [6.07, 6.45) is 4.16. The van der Waals surface area contributed by atoms with Gasteiger partial charge in [-0.15, -0.1) is 11.3 Å². The van der Waals surface area contributed by atoms with Crippen molar-refractivity contribution in [3.8, 4) is 17.6 Å². The highest BCUT2D eigenvalue weighted by atomic mass is 32.1. The van der Waals surface area contributed by atoms with Crippen molar-refractivity contribution in [3.05, 3.63) is 39.8 Å². The second-order valence-electron chi connectivity index (χ2n) is 6.29. The van der Waals surface area contributed by atoms with Crippen molar-refractivity contribution >= 4 is 39.6 Å². The zero-order valence-electron chi connectivity index (χ0n) is 14.5. The topological polar surface area (TPSA) is 83.4 Å². The van der Waals surface area contributed by atoms with E-state index in [2.05, 4.69) is 16.7 Å². The lowest BCUT2D eigenvalue weighted by atomic mass is 9.96. The minimum atomic E-state index is -0.343. The van der Waals surface area contributed by atoms with Gasteiger partial charge in [-0.05, 0) is 61.7 Å². The van der Waals surface area contributed by atoms with Gasteiger partial charge in [0.05, 0.1) is 5.56 Å². The largest absolute Gasteiger partial charge is 0.486 e. The van der Waals surface area contributed by atoms with Crippen LogP contribution in [0.1, 0.15) is 39.2 Å². The van der Waals surface area contributed by atoms with Crippen LogP contribution in [0.4, 0.5) is 5.00 Å². The average molecular weight is 399 g/mol. The van der Waals surface area contributed by atoms with Gasteiger partial charge in [-0.2, -0.15) is 5.26 Å². The standard InChI is InChI=1S/C19H17N3O3S2/c20-10-13-12-3-1-2-4-16(12)27-18(13)22-19(26)21-17(23)11-5-6-14-15(9-11)25-8-7-24-14/h5-6,9H,1-4,7-8H2,(H2,21,22,23,26). The Kier molecular flexibility index (Phi) is 4.97. The summed E-state index contributed by atoms with van der Waals surface area (Å²) in [4.78, 5) is 13.7. The summed E-state index contributed by atoms with van der Waals surface area (Å²) >= 11 is 6.83. The first-order valence-electron chi connectivity index (χ1n) is 8.72. The number of nitrogens with one attached hydrogen (secondary N) is 2. The third kappa shape index (κ3) is 3.61. The summed E-state index contributed by atoms with van der Waals surface area (Å²) in [5.74, 6) is 0.830. The van der Waals surface area contributed by atoms with Crippen molar-refractivity contribution < 1.29 is 14.3 Å². The lowest BCUT2D eigenvalue weighted by Gasteiger charge is -2.18. The number of carbonyl (C=O) groups is 1. The number of benzene rings is 1. The van der Waals surface area contributed by atoms with Crippen LogP contribution in [0, 0.1) is 11.3 Å². The molecule has 2 N–H and O–H groups in total. The van der Waals surface area contributed by atoms with Crippen LogP contribution >= 0.6 is 23.6 Å². The van der Waals surface area contributed by atoms with Gasteiger partial charge in [0.2, 0.25) is 0 Å². The van der Waals surface area contributed by atoms with E-state index in [1.54, 1.807) is 29.5 Å². The SMILES string of the molecule is N#Cc1c(NC(=S)NC(=O)c2ccc3c(c2)OCCO3)sc2c1CCCC2. The third-order valence-electron chi connectivity index (χ3n) is 4.54. The molecule has 0 atom stereocenters. The molecule has 2 heterocycles. The van der Waals surface area contributed by atoms with E-state index in [0.717, 1.165) is 31.2 Å². The number of aryl methyl sites for hydroxylation is 1. The lowest BCUT2D eigenvalue weighted by Crippen LogP contribution is -2.34. The van der Waals surface area contributed by atoms with E-state index in [0.29, 0.717) is 40.8 Å². The molecule has 8 heteroatoms. The Labute approximate surface area is 166 Å². The van der Waals surface area contributed by atoms with Crippen LogP contribution in [0.2, 0.25) is 0 Å². The van der Waals surface area contributed by atoms with Crippen LogP contribution in [0.25, 0.3) is 0 Å². The fraction of sp³-hybridized carbons (Fsp3) is 0.316. The Hall–Kier alpha value is -2.63. The van der Waals surface area contributed by atoms with Crippen molar-refractivity contribution in [2.75, 3.05) is 18.5 Å². The molecule has 2 aliphatic rings. The third-order valence-corrected chi connectivity index (χ3v) is 5.95. The predicted octanol–water partition coefficient (Wildman–Crippen LogP) is 3.40. The van der Waals surface area contributed by atoms with Gasteiger partial charge in [0.1, 0.15) is 24.3 Å². The average Bonchev–Trinajstić information content (AvgIpc) is 3.04. The molecular formula is C19H17N3O3S2. The van der Waals surface area contributed by atoms with Gasteiger partial charge in [-0.1, -0.05) is 0 Å². The van der Waals surface area contributed by atoms with Crippen LogP contribution in [-0.4, -0.2) is 24.2 Å². The van der Waals surface area contributed by atoms with E-state index in [9.17, 15) is 10.1 Å². The number of amides is 1. The molecule has 1 amide bonds. The number of thiocarbonyl (C=S) groups is 1. The lowest BCUT2D eigenvalue weighted by molar-refractivity contribution is 0.0976. The maximum absolute atomic E-state index is 12.5. The molecule has 1 aromatic heterocycles. The van der Waals surface area contributed by atoms with Crippen molar-refractivity contribution in [2.45, 2.75) is 25.7 Å². The number of hydrogen-bond donors (Lipinski definition) is 2. The van der Waals surface area contributed by atoms with Crippen molar-refractivity contribution in [1.29, 1.82) is 5.26 Å². The molecule has 2 aromatic rings. The van der Waals surface area contributed by atoms with Crippen molar-refractivity contribution in [1.82, 2.24) is 5.32 Å². The van der Waals surface area contributed by atoms with E-state index >= 15 is 0 Å². The smallest absolute Gasteiger partial charge is 0.257 e. The molecule has 0 fully saturated rings. The molecular weight excluding hydrogens is 382 g/mol. The van der Waals surface area contributed by atoms with Gasteiger partial charge in [-0.25, -0.2) is 0 Å². The summed E-state index contributed by atoms with van der Waals surface area (Å²) in [6.45, 7) is 0.955. The van der Waals surface area contributed by atoms with E-state index in [-0.39, 0.29) is 11.0 Å². The number of carbonyl (C=O) groups excluding carboxylic acids is 1. The predicted molar refractivity (Wildman–Crippen MR) is 107 cm³/mol. The van der Waals surface area contributed by atoms with Gasteiger partial charge in [0.15, 0.2) is 16.6 Å². The monoisotopic (exact) mass is 399 g/mol. The molecule has 1 aliphatic heterocycles. The van der Waals surface area contributed by atoms with Crippen LogP contribution in [-0.2, 0) is 12.8 Å². The summed E-state index contributed by atoms with van der Waals surface area (Å²) < 4.78 is 11.0. The number of fused-ring (bicyclic) bond motifs is 2. The van der Waals surface area contributed by atoms with Crippen LogP contribution < -0.4 is 20.1 Å². The minimum absolute atomic E-state index is 0.171. The summed E-state index contributed by atoms with van der Waals surface area (Å²) in [6, 6.07) is 7.28.